The van der Waals surface area contributed by atoms with E-state index in [9.17, 15) is 0 Å². The smallest absolute Gasteiger partial charge is 0.0830 e. The van der Waals surface area contributed by atoms with E-state index in [1.54, 1.807) is 77.7 Å². The van der Waals surface area contributed by atoms with Gasteiger partial charge < -0.3 is 39.9 Å². The average molecular weight is 2520 g/mol. The Kier molecular flexibility index (Phi) is 37.2. The van der Waals surface area contributed by atoms with Gasteiger partial charge in [0.1, 0.15) is 0 Å². The van der Waals surface area contributed by atoms with Crippen LogP contribution in [-0.2, 0) is 106 Å². The number of aryl methyl sites for hydroxylation is 3. The molecule has 1 saturated carbocycles. The second-order valence-corrected chi connectivity index (χ2v) is 54.4. The van der Waals surface area contributed by atoms with Crippen molar-refractivity contribution < 1.29 is 105 Å². The summed E-state index contributed by atoms with van der Waals surface area (Å²) in [6, 6.07) is 81.8. The molecule has 8 nitrogen and oxygen atoms in total. The van der Waals surface area contributed by atoms with Gasteiger partial charge in [0.2, 0.25) is 0 Å². The fourth-order valence-electron chi connectivity index (χ4n) is 14.0. The third-order valence-electron chi connectivity index (χ3n) is 20.5. The summed E-state index contributed by atoms with van der Waals surface area (Å²) in [6.45, 7) is 35.4. The van der Waals surface area contributed by atoms with E-state index in [1.807, 2.05) is 72.8 Å². The zero-order chi connectivity index (χ0) is 106. The number of hydrogen-bond acceptors (Lipinski definition) is 8. The number of benzene rings is 8. The van der Waals surface area contributed by atoms with Gasteiger partial charge in [-0.25, -0.2) is 0 Å². The number of pyridine rings is 8. The van der Waals surface area contributed by atoms with Crippen LogP contribution in [0.4, 0.5) is 0 Å². The molecule has 16 aromatic rings. The van der Waals surface area contributed by atoms with E-state index in [2.05, 4.69) is 262 Å². The molecule has 8 heterocycles. The first-order valence-corrected chi connectivity index (χ1v) is 57.4. The van der Waals surface area contributed by atoms with Crippen molar-refractivity contribution in [3.63, 3.8) is 0 Å². The average Bonchev–Trinajstić information content (AvgIpc) is 0.796. The summed E-state index contributed by atoms with van der Waals surface area (Å²) in [7, 11) is -5.27. The van der Waals surface area contributed by atoms with E-state index >= 15 is 0 Å². The first kappa shape index (κ1) is 84.4. The number of rotatable bonds is 19. The van der Waals surface area contributed by atoms with Crippen LogP contribution in [0.3, 0.4) is 0 Å². The van der Waals surface area contributed by atoms with Crippen molar-refractivity contribution in [2.24, 2.45) is 5.92 Å². The Hall–Kier alpha value is -9.58. The van der Waals surface area contributed by atoms with E-state index in [0.717, 1.165) is 63.8 Å². The van der Waals surface area contributed by atoms with E-state index < -0.39 is 50.6 Å². The number of nitrogens with zero attached hydrogens (tertiary/aromatic N) is 8. The van der Waals surface area contributed by atoms with Crippen LogP contribution in [0.1, 0.15) is 113 Å². The summed E-state index contributed by atoms with van der Waals surface area (Å²) in [5.74, 6) is 0.869. The standard InChI is InChI=1S/C21H28NSi.C18H24NSi.2C16H20NSi.4C11H8N.4Ir/c1-23(2,3)21-16-22-20(18-12-8-5-9-13-18)15-19(21)14-17-10-6-4-7-11-17;1-5-6-10-16-13-17(15-11-8-7-9-12-15)19-14-18(16)20(2,3)4;2*1-5-13-11-15(14-9-7-6-8-10-14)17-12-16(13)18(2,3)4;4*1-2-6-10(7-3-1)11-8-4-5-9-12-11;;;;/h5,8-9,12,15-17H,4,6-7,10-11,14H2,1-3H3;7-9,11,13-14H,5-6,10H2,1-4H3;2*6-9,11-12H,5H2,1-4H3;4*1-6,8-9H;;;;/q8*-1;;;;/i;;;;1D,2D,3D,4D,5D,8D,9D;4D,5D,8D,9D;1D,2D,3D,6D;1D,2D,3D;;;;. The fraction of sp³-hybridized carbons (Fsp3) is 0.235. The molecule has 8 aromatic carbocycles. The molecular weight excluding hydrogens is 2370 g/mol. The van der Waals surface area contributed by atoms with Crippen LogP contribution in [0.5, 0.6) is 0 Å². The first-order chi connectivity index (χ1) is 68.8. The first-order valence-electron chi connectivity index (χ1n) is 52.4. The Morgan fingerprint density at radius 3 is 0.969 bits per heavy atom. The molecule has 131 heavy (non-hydrogen) atoms. The van der Waals surface area contributed by atoms with Crippen LogP contribution in [0.2, 0.25) is 78.6 Å². The summed E-state index contributed by atoms with van der Waals surface area (Å²) >= 11 is 0. The van der Waals surface area contributed by atoms with Crippen molar-refractivity contribution >= 4 is 53.0 Å². The van der Waals surface area contributed by atoms with Gasteiger partial charge >= 0.3 is 0 Å². The maximum absolute atomic E-state index is 7.72. The van der Waals surface area contributed by atoms with Gasteiger partial charge in [-0.05, 0) is 134 Å². The van der Waals surface area contributed by atoms with Crippen molar-refractivity contribution in [3.05, 3.63) is 411 Å². The third kappa shape index (κ3) is 36.7. The molecule has 1 fully saturated rings. The summed E-state index contributed by atoms with van der Waals surface area (Å²) in [5.41, 5.74) is 17.4. The van der Waals surface area contributed by atoms with Crippen LogP contribution in [-0.4, -0.2) is 72.2 Å². The van der Waals surface area contributed by atoms with Crippen LogP contribution in [0.25, 0.3) is 90.1 Å². The summed E-state index contributed by atoms with van der Waals surface area (Å²) < 4.78 is 135. The monoisotopic (exact) mass is 2520 g/mol. The van der Waals surface area contributed by atoms with Gasteiger partial charge in [-0.2, -0.15) is 0 Å². The summed E-state index contributed by atoms with van der Waals surface area (Å²) in [6.07, 6.45) is 25.0. The Morgan fingerprint density at radius 1 is 0.298 bits per heavy atom. The maximum Gasteiger partial charge on any atom is 0.0830 e. The minimum atomic E-state index is -1.36. The minimum absolute atomic E-state index is 0. The predicted molar refractivity (Wildman–Crippen MR) is 548 cm³/mol. The number of hydrogen-bond donors (Lipinski definition) is 0. The van der Waals surface area contributed by atoms with Crippen LogP contribution >= 0.6 is 0 Å². The van der Waals surface area contributed by atoms with Crippen LogP contribution < -0.4 is 20.7 Å². The fourth-order valence-corrected chi connectivity index (χ4v) is 20.5. The molecule has 0 aliphatic heterocycles. The van der Waals surface area contributed by atoms with E-state index in [1.165, 1.54) is 102 Å². The Bertz CT molecular complexity index is 6750. The molecule has 1 aliphatic carbocycles. The molecule has 0 N–H and O–H groups in total. The van der Waals surface area contributed by atoms with Gasteiger partial charge in [0.15, 0.2) is 0 Å². The van der Waals surface area contributed by atoms with Crippen molar-refractivity contribution in [2.45, 2.75) is 170 Å². The topological polar surface area (TPSA) is 103 Å². The molecule has 4 radical (unpaired) electrons. The second kappa shape index (κ2) is 57.8. The summed E-state index contributed by atoms with van der Waals surface area (Å²) in [4.78, 5) is 34.4. The van der Waals surface area contributed by atoms with Crippen molar-refractivity contribution in [1.82, 2.24) is 39.9 Å². The van der Waals surface area contributed by atoms with Gasteiger partial charge in [-0.15, -0.1) is 287 Å². The van der Waals surface area contributed by atoms with Crippen molar-refractivity contribution in [3.8, 4) is 90.1 Å². The maximum atomic E-state index is 7.72. The Labute approximate surface area is 868 Å². The van der Waals surface area contributed by atoms with Gasteiger partial charge in [-0.3, -0.25) is 0 Å². The quantitative estimate of drug-likeness (QED) is 0.0583. The van der Waals surface area contributed by atoms with Crippen molar-refractivity contribution in [2.75, 3.05) is 0 Å². The van der Waals surface area contributed by atoms with Crippen LogP contribution in [0, 0.1) is 54.4 Å². The van der Waals surface area contributed by atoms with Crippen LogP contribution in [0.15, 0.2) is 340 Å². The van der Waals surface area contributed by atoms with Crippen molar-refractivity contribution in [1.29, 1.82) is 0 Å². The van der Waals surface area contributed by atoms with E-state index in [0.29, 0.717) is 28.1 Å². The van der Waals surface area contributed by atoms with Gasteiger partial charge in [-0.1, -0.05) is 233 Å². The molecule has 8 aromatic heterocycles. The SMILES string of the molecule is CCCCc1cc(-c2[c-]cccc2)ncc1[Si](C)(C)C.CCc1cc(-c2[c-]cccc2)ncc1[Si](C)(C)C.CCc1cc(-c2[c-]cccc2)ncc1[Si](C)(C)C.C[Si](C)(C)c1cnc(-c2[c-]cccc2)cc1CC1CCCCC1.[2H]c1[c-]c(-c2ccccn2)c([2H])c([2H])c1[2H].[2H]c1[c-]c(-c2ccccn2)cc([2H])c1[2H].[2H]c1[c-]c(-c2nc([2H])c([2H])c([2H])c2[2H])cc([2H])c1[2H].[2H]c1nc(-c2[c-]cccc2)c([2H])c([2H])c1[2H].[Ir].[Ir].[Ir].[Ir]. The Balaban J connectivity index is 0.000000260. The minimum Gasteiger partial charge on any atom is -0.305 e. The molecule has 0 saturated heterocycles. The molecule has 0 atom stereocenters. The number of aromatic nitrogens is 8. The van der Waals surface area contributed by atoms with Gasteiger partial charge in [0.05, 0.1) is 43.3 Å². The number of unbranched alkanes of at least 4 members (excludes halogenated alkanes) is 1. The molecular formula is C115H124Ir4N8Si4-8. The zero-order valence-corrected chi connectivity index (χ0v) is 90.8. The summed E-state index contributed by atoms with van der Waals surface area (Å²) in [5, 5.41) is 6.00. The molecule has 0 bridgehead atoms. The normalized spacial score (nSPS) is 13.3. The molecule has 0 spiro atoms. The molecule has 17 rings (SSSR count). The van der Waals surface area contributed by atoms with Gasteiger partial charge in [0.25, 0.3) is 0 Å². The molecule has 1 aliphatic rings. The zero-order valence-electron chi connectivity index (χ0n) is 95.2. The predicted octanol–water partition coefficient (Wildman–Crippen LogP) is 27.2. The second-order valence-electron chi connectivity index (χ2n) is 34.3. The molecule has 16 heteroatoms. The third-order valence-corrected chi connectivity index (χ3v) is 28.8. The largest absolute Gasteiger partial charge is 0.305 e. The molecule has 684 valence electrons. The molecule has 0 unspecified atom stereocenters. The van der Waals surface area contributed by atoms with E-state index in [-0.39, 0.29) is 188 Å². The Morgan fingerprint density at radius 2 is 0.618 bits per heavy atom. The molecule has 0 amide bonds. The van der Waals surface area contributed by atoms with E-state index in [4.69, 9.17) is 29.7 Å². The van der Waals surface area contributed by atoms with Gasteiger partial charge in [0, 0.05) is 138 Å².